The Bertz CT molecular complexity index is 492. The van der Waals surface area contributed by atoms with Gasteiger partial charge in [-0.05, 0) is 33.3 Å². The summed E-state index contributed by atoms with van der Waals surface area (Å²) in [6.07, 6.45) is 0. The average molecular weight is 273 g/mol. The van der Waals surface area contributed by atoms with Crippen LogP contribution < -0.4 is 0 Å². The molecule has 0 radical (unpaired) electrons. The summed E-state index contributed by atoms with van der Waals surface area (Å²) in [5.41, 5.74) is 0.384. The van der Waals surface area contributed by atoms with E-state index in [1.165, 1.54) is 6.07 Å². The Morgan fingerprint density at radius 1 is 1.39 bits per heavy atom. The van der Waals surface area contributed by atoms with E-state index in [0.29, 0.717) is 5.56 Å². The Balaban J connectivity index is 3.23. The van der Waals surface area contributed by atoms with Gasteiger partial charge in [0.05, 0.1) is 10.5 Å². The highest BCUT2D eigenvalue weighted by molar-refractivity contribution is 7.85. The van der Waals surface area contributed by atoms with Gasteiger partial charge in [0.2, 0.25) is 0 Å². The van der Waals surface area contributed by atoms with Crippen molar-refractivity contribution < 1.29 is 13.0 Å². The van der Waals surface area contributed by atoms with E-state index in [4.69, 9.17) is 0 Å². The minimum absolute atomic E-state index is 0.0788. The standard InChI is InChI=1S/C13H17F2NOS/c1-9-6-5-7-10(12(9)15)11(8-14)16-18(17)13(2,3)4/h5-7H,8H2,1-4H3/b16-11-/t18-/m1/s1. The second-order valence-corrected chi connectivity index (χ2v) is 6.88. The van der Waals surface area contributed by atoms with Gasteiger partial charge in [-0.3, -0.25) is 0 Å². The van der Waals surface area contributed by atoms with E-state index in [9.17, 15) is 13.0 Å². The fourth-order valence-electron chi connectivity index (χ4n) is 1.25. The van der Waals surface area contributed by atoms with Crippen LogP contribution in [-0.4, -0.2) is 21.3 Å². The number of rotatable bonds is 3. The minimum atomic E-state index is -1.60. The molecule has 0 heterocycles. The second-order valence-electron chi connectivity index (χ2n) is 4.97. The topological polar surface area (TPSA) is 29.4 Å². The average Bonchev–Trinajstić information content (AvgIpc) is 2.28. The molecule has 0 amide bonds. The molecule has 0 spiro atoms. The Morgan fingerprint density at radius 3 is 2.50 bits per heavy atom. The third-order valence-corrected chi connectivity index (χ3v) is 3.78. The van der Waals surface area contributed by atoms with Gasteiger partial charge >= 0.3 is 0 Å². The van der Waals surface area contributed by atoms with Gasteiger partial charge in [0.25, 0.3) is 0 Å². The monoisotopic (exact) mass is 273 g/mol. The van der Waals surface area contributed by atoms with Crippen molar-refractivity contribution in [3.8, 4) is 0 Å². The molecular formula is C13H17F2NOS. The number of nitrogens with zero attached hydrogens (tertiary/aromatic N) is 1. The highest BCUT2D eigenvalue weighted by atomic mass is 32.2. The number of hydrogen-bond acceptors (Lipinski definition) is 1. The first kappa shape index (κ1) is 15.0. The summed E-state index contributed by atoms with van der Waals surface area (Å²) in [4.78, 5) is 0. The molecule has 100 valence electrons. The molecule has 18 heavy (non-hydrogen) atoms. The summed E-state index contributed by atoms with van der Waals surface area (Å²) in [7, 11) is -1.60. The lowest BCUT2D eigenvalue weighted by Gasteiger charge is -2.14. The third-order valence-electron chi connectivity index (χ3n) is 2.35. The molecule has 0 fully saturated rings. The quantitative estimate of drug-likeness (QED) is 0.776. The van der Waals surface area contributed by atoms with Crippen LogP contribution >= 0.6 is 0 Å². The van der Waals surface area contributed by atoms with E-state index in [-0.39, 0.29) is 11.3 Å². The van der Waals surface area contributed by atoms with Gasteiger partial charge in [0.1, 0.15) is 23.5 Å². The predicted molar refractivity (Wildman–Crippen MR) is 71.5 cm³/mol. The maximum atomic E-state index is 13.8. The summed E-state index contributed by atoms with van der Waals surface area (Å²) in [6.45, 7) is 5.84. The van der Waals surface area contributed by atoms with Crippen molar-refractivity contribution in [1.29, 1.82) is 0 Å². The highest BCUT2D eigenvalue weighted by Gasteiger charge is 2.21. The van der Waals surface area contributed by atoms with Gasteiger partial charge in [0, 0.05) is 5.56 Å². The van der Waals surface area contributed by atoms with E-state index in [1.807, 2.05) is 0 Å². The van der Waals surface area contributed by atoms with E-state index >= 15 is 0 Å². The first-order chi connectivity index (χ1) is 8.27. The lowest BCUT2D eigenvalue weighted by molar-refractivity contribution is 0.575. The zero-order chi connectivity index (χ0) is 13.9. The van der Waals surface area contributed by atoms with Crippen LogP contribution in [0.3, 0.4) is 0 Å². The molecule has 0 bridgehead atoms. The molecular weight excluding hydrogens is 256 g/mol. The fourth-order valence-corrected chi connectivity index (χ4v) is 1.87. The zero-order valence-corrected chi connectivity index (χ0v) is 11.8. The molecule has 5 heteroatoms. The van der Waals surface area contributed by atoms with E-state index in [0.717, 1.165) is 0 Å². The summed E-state index contributed by atoms with van der Waals surface area (Å²) >= 11 is 0. The van der Waals surface area contributed by atoms with Crippen molar-refractivity contribution in [3.63, 3.8) is 0 Å². The van der Waals surface area contributed by atoms with Crippen LogP contribution in [0.15, 0.2) is 22.6 Å². The number of hydrogen-bond donors (Lipinski definition) is 0. The van der Waals surface area contributed by atoms with Crippen molar-refractivity contribution in [2.75, 3.05) is 6.67 Å². The molecule has 0 aliphatic rings. The molecule has 0 aliphatic carbocycles. The lowest BCUT2D eigenvalue weighted by Crippen LogP contribution is -2.22. The van der Waals surface area contributed by atoms with Crippen molar-refractivity contribution >= 4 is 16.7 Å². The van der Waals surface area contributed by atoms with Gasteiger partial charge in [-0.15, -0.1) is 0 Å². The van der Waals surface area contributed by atoms with Crippen LogP contribution in [0.2, 0.25) is 0 Å². The number of aryl methyl sites for hydroxylation is 1. The molecule has 0 saturated heterocycles. The molecule has 0 unspecified atom stereocenters. The molecule has 0 aromatic heterocycles. The van der Waals surface area contributed by atoms with Crippen LogP contribution in [0.4, 0.5) is 8.78 Å². The molecule has 1 atom stereocenters. The molecule has 1 aromatic carbocycles. The van der Waals surface area contributed by atoms with Gasteiger partial charge < -0.3 is 0 Å². The fraction of sp³-hybridized carbons (Fsp3) is 0.462. The number of halogens is 2. The van der Waals surface area contributed by atoms with Gasteiger partial charge in [0.15, 0.2) is 0 Å². The van der Waals surface area contributed by atoms with Crippen molar-refractivity contribution in [1.82, 2.24) is 0 Å². The second kappa shape index (κ2) is 5.69. The predicted octanol–water partition coefficient (Wildman–Crippen LogP) is 3.35. The lowest BCUT2D eigenvalue weighted by atomic mass is 10.1. The van der Waals surface area contributed by atoms with E-state index in [1.54, 1.807) is 39.8 Å². The Hall–Kier alpha value is -1.10. The minimum Gasteiger partial charge on any atom is -0.244 e. The summed E-state index contributed by atoms with van der Waals surface area (Å²) < 4.78 is 41.9. The molecule has 0 N–H and O–H groups in total. The highest BCUT2D eigenvalue weighted by Crippen LogP contribution is 2.17. The van der Waals surface area contributed by atoms with Crippen LogP contribution in [-0.2, 0) is 11.0 Å². The Labute approximate surface area is 109 Å². The molecule has 0 saturated carbocycles. The molecule has 2 nitrogen and oxygen atoms in total. The first-order valence-corrected chi connectivity index (χ1v) is 6.69. The smallest absolute Gasteiger partial charge is 0.145 e. The normalized spacial score (nSPS) is 14.7. The summed E-state index contributed by atoms with van der Waals surface area (Å²) in [5.74, 6) is -0.514. The zero-order valence-electron chi connectivity index (χ0n) is 11.0. The Kier molecular flexibility index (Phi) is 4.73. The van der Waals surface area contributed by atoms with Crippen LogP contribution in [0.5, 0.6) is 0 Å². The van der Waals surface area contributed by atoms with Crippen molar-refractivity contribution in [2.24, 2.45) is 4.40 Å². The SMILES string of the molecule is Cc1cccc(/C(CF)=N\[S@](=O)C(C)(C)C)c1F. The van der Waals surface area contributed by atoms with Gasteiger partial charge in [-0.1, -0.05) is 18.2 Å². The van der Waals surface area contributed by atoms with Crippen molar-refractivity contribution in [3.05, 3.63) is 35.1 Å². The summed E-state index contributed by atoms with van der Waals surface area (Å²) in [6, 6.07) is 4.66. The molecule has 1 aromatic rings. The molecule has 1 rings (SSSR count). The van der Waals surface area contributed by atoms with Gasteiger partial charge in [-0.2, -0.15) is 4.40 Å². The maximum absolute atomic E-state index is 13.8. The largest absolute Gasteiger partial charge is 0.244 e. The first-order valence-electron chi connectivity index (χ1n) is 5.58. The van der Waals surface area contributed by atoms with Crippen LogP contribution in [0, 0.1) is 12.7 Å². The van der Waals surface area contributed by atoms with E-state index < -0.39 is 28.2 Å². The van der Waals surface area contributed by atoms with E-state index in [2.05, 4.69) is 4.40 Å². The Morgan fingerprint density at radius 2 is 2.00 bits per heavy atom. The van der Waals surface area contributed by atoms with Crippen molar-refractivity contribution in [2.45, 2.75) is 32.4 Å². The third kappa shape index (κ3) is 3.45. The van der Waals surface area contributed by atoms with Crippen LogP contribution in [0.1, 0.15) is 31.9 Å². The maximum Gasteiger partial charge on any atom is 0.145 e. The number of alkyl halides is 1. The number of benzene rings is 1. The van der Waals surface area contributed by atoms with Crippen LogP contribution in [0.25, 0.3) is 0 Å². The van der Waals surface area contributed by atoms with Gasteiger partial charge in [-0.25, -0.2) is 13.0 Å². The molecule has 0 aliphatic heterocycles. The summed E-state index contributed by atoms with van der Waals surface area (Å²) in [5, 5.41) is 0.